The lowest BCUT2D eigenvalue weighted by molar-refractivity contribution is -0.181. The molecule has 1 aliphatic heterocycles. The second-order valence-electron chi connectivity index (χ2n) is 17.2. The number of hydrogen-bond donors (Lipinski definition) is 1. The molecule has 1 N–H and O–H groups in total. The summed E-state index contributed by atoms with van der Waals surface area (Å²) in [5.41, 5.74) is 2.22. The van der Waals surface area contributed by atoms with Gasteiger partial charge in [0.05, 0.1) is 24.7 Å². The van der Waals surface area contributed by atoms with Gasteiger partial charge in [0.2, 0.25) is 5.91 Å². The van der Waals surface area contributed by atoms with Crippen LogP contribution in [0.25, 0.3) is 0 Å². The Hall–Kier alpha value is -2.16. The summed E-state index contributed by atoms with van der Waals surface area (Å²) >= 11 is 0.827. The highest BCUT2D eigenvalue weighted by atomic mass is 32.2. The SMILES string of the molecule is COC(=O)[C@]12CCC(C)(C)C[C@@H]1C1=CC[C@@H]3[C@@]4(C)CC/C(=N/OC(=O)C[C@@H]5SC(=O)NC5=O)C(C)(C)[C@H]4CC[C@@]3(C)[C@]1(C)CC2. The van der Waals surface area contributed by atoms with Gasteiger partial charge in [0, 0.05) is 5.41 Å². The Morgan fingerprint density at radius 3 is 2.36 bits per heavy atom. The molecule has 8 nitrogen and oxygen atoms in total. The number of allylic oxidation sites excluding steroid dienone is 2. The fourth-order valence-electron chi connectivity index (χ4n) is 11.6. The van der Waals surface area contributed by atoms with E-state index in [1.54, 1.807) is 7.11 Å². The number of amides is 2. The summed E-state index contributed by atoms with van der Waals surface area (Å²) in [5, 5.41) is 5.45. The van der Waals surface area contributed by atoms with E-state index in [9.17, 15) is 19.2 Å². The molecular weight excluding hydrogens is 588 g/mol. The fraction of sp³-hybridized carbons (Fsp3) is 0.806. The number of nitrogens with one attached hydrogen (secondary N) is 1. The molecule has 0 bridgehead atoms. The number of fused-ring (bicyclic) bond motifs is 7. The van der Waals surface area contributed by atoms with E-state index in [-0.39, 0.29) is 45.4 Å². The third kappa shape index (κ3) is 4.78. The molecular formula is C36H52N2O6S. The van der Waals surface area contributed by atoms with E-state index in [4.69, 9.17) is 9.57 Å². The van der Waals surface area contributed by atoms with Gasteiger partial charge >= 0.3 is 11.9 Å². The summed E-state index contributed by atoms with van der Waals surface area (Å²) in [5.74, 6) is 0.0713. The van der Waals surface area contributed by atoms with Crippen LogP contribution in [0.5, 0.6) is 0 Å². The molecule has 45 heavy (non-hydrogen) atoms. The molecule has 0 aromatic carbocycles. The normalized spacial score (nSPS) is 44.0. The molecule has 6 rings (SSSR count). The molecule has 2 amide bonds. The van der Waals surface area contributed by atoms with Crippen LogP contribution >= 0.6 is 11.8 Å². The minimum Gasteiger partial charge on any atom is -0.469 e. The van der Waals surface area contributed by atoms with Crippen molar-refractivity contribution < 1.29 is 28.8 Å². The van der Waals surface area contributed by atoms with Crippen molar-refractivity contribution in [1.82, 2.24) is 5.32 Å². The zero-order valence-corrected chi connectivity index (χ0v) is 29.3. The van der Waals surface area contributed by atoms with E-state index in [0.717, 1.165) is 81.7 Å². The van der Waals surface area contributed by atoms with Gasteiger partial charge in [-0.2, -0.15) is 0 Å². The minimum absolute atomic E-state index is 0.00537. The monoisotopic (exact) mass is 640 g/mol. The summed E-state index contributed by atoms with van der Waals surface area (Å²) < 4.78 is 5.52. The second kappa shape index (κ2) is 10.7. The molecule has 0 radical (unpaired) electrons. The molecule has 0 aromatic heterocycles. The maximum absolute atomic E-state index is 13.5. The van der Waals surface area contributed by atoms with Crippen molar-refractivity contribution in [3.8, 4) is 0 Å². The van der Waals surface area contributed by atoms with Gasteiger partial charge < -0.3 is 9.57 Å². The third-order valence-electron chi connectivity index (χ3n) is 14.4. The first-order valence-corrected chi connectivity index (χ1v) is 17.9. The summed E-state index contributed by atoms with van der Waals surface area (Å²) in [4.78, 5) is 54.9. The van der Waals surface area contributed by atoms with E-state index < -0.39 is 27.8 Å². The maximum Gasteiger partial charge on any atom is 0.336 e. The van der Waals surface area contributed by atoms with E-state index in [1.165, 1.54) is 5.57 Å². The number of nitrogens with zero attached hydrogens (tertiary/aromatic N) is 1. The molecule has 1 heterocycles. The summed E-state index contributed by atoms with van der Waals surface area (Å²) in [6, 6.07) is 0. The quantitative estimate of drug-likeness (QED) is 0.146. The van der Waals surface area contributed by atoms with Crippen molar-refractivity contribution in [2.24, 2.45) is 55.4 Å². The maximum atomic E-state index is 13.5. The highest BCUT2D eigenvalue weighted by Gasteiger charge is 2.69. The lowest BCUT2D eigenvalue weighted by atomic mass is 9.33. The van der Waals surface area contributed by atoms with Crippen molar-refractivity contribution in [2.45, 2.75) is 124 Å². The first-order valence-electron chi connectivity index (χ1n) is 17.0. The second-order valence-corrected chi connectivity index (χ2v) is 18.3. The molecule has 5 aliphatic carbocycles. The highest BCUT2D eigenvalue weighted by molar-refractivity contribution is 8.15. The number of methoxy groups -OCH3 is 1. The van der Waals surface area contributed by atoms with E-state index in [2.05, 4.69) is 65.0 Å². The van der Waals surface area contributed by atoms with Gasteiger partial charge in [-0.3, -0.25) is 19.7 Å². The number of imide groups is 1. The number of hydrogen-bond acceptors (Lipinski definition) is 8. The highest BCUT2D eigenvalue weighted by Crippen LogP contribution is 2.75. The van der Waals surface area contributed by atoms with Gasteiger partial charge in [0.25, 0.3) is 5.24 Å². The Morgan fingerprint density at radius 1 is 0.978 bits per heavy atom. The molecule has 0 aromatic rings. The van der Waals surface area contributed by atoms with Crippen LogP contribution in [-0.2, 0) is 24.0 Å². The predicted molar refractivity (Wildman–Crippen MR) is 174 cm³/mol. The molecule has 0 spiro atoms. The summed E-state index contributed by atoms with van der Waals surface area (Å²) in [6.45, 7) is 16.8. The Labute approximate surface area is 272 Å². The van der Waals surface area contributed by atoms with E-state index in [1.807, 2.05) is 0 Å². The Morgan fingerprint density at radius 2 is 1.69 bits per heavy atom. The van der Waals surface area contributed by atoms with Crippen molar-refractivity contribution in [3.63, 3.8) is 0 Å². The van der Waals surface area contributed by atoms with Gasteiger partial charge in [0.1, 0.15) is 5.25 Å². The molecule has 6 aliphatic rings. The molecule has 1 saturated heterocycles. The smallest absolute Gasteiger partial charge is 0.336 e. The number of esters is 1. The molecule has 8 atom stereocenters. The number of carbonyl (C=O) groups excluding carboxylic acids is 4. The lowest BCUT2D eigenvalue weighted by Crippen LogP contribution is -2.64. The van der Waals surface area contributed by atoms with E-state index in [0.29, 0.717) is 11.8 Å². The zero-order valence-electron chi connectivity index (χ0n) is 28.5. The van der Waals surface area contributed by atoms with Gasteiger partial charge in [-0.1, -0.05) is 77.0 Å². The largest absolute Gasteiger partial charge is 0.469 e. The van der Waals surface area contributed by atoms with Crippen molar-refractivity contribution >= 4 is 40.6 Å². The third-order valence-corrected chi connectivity index (χ3v) is 15.4. The van der Waals surface area contributed by atoms with Crippen LogP contribution in [-0.4, -0.2) is 41.2 Å². The van der Waals surface area contributed by atoms with Crippen LogP contribution in [0.2, 0.25) is 0 Å². The van der Waals surface area contributed by atoms with Crippen LogP contribution in [0.3, 0.4) is 0 Å². The average Bonchev–Trinajstić information content (AvgIpc) is 3.27. The molecule has 5 fully saturated rings. The molecule has 4 saturated carbocycles. The first-order chi connectivity index (χ1) is 20.9. The Bertz CT molecular complexity index is 1380. The number of rotatable bonds is 4. The Kier molecular flexibility index (Phi) is 7.78. The van der Waals surface area contributed by atoms with Crippen LogP contribution in [0.1, 0.15) is 119 Å². The van der Waals surface area contributed by atoms with Crippen molar-refractivity contribution in [1.29, 1.82) is 0 Å². The topological polar surface area (TPSA) is 111 Å². The predicted octanol–water partition coefficient (Wildman–Crippen LogP) is 7.60. The van der Waals surface area contributed by atoms with Gasteiger partial charge in [0.15, 0.2) is 0 Å². The fourth-order valence-corrected chi connectivity index (χ4v) is 12.4. The number of carbonyl (C=O) groups is 4. The number of thioether (sulfide) groups is 1. The summed E-state index contributed by atoms with van der Waals surface area (Å²) in [6.07, 6.45) is 12.3. The molecule has 248 valence electrons. The standard InChI is InChI=1S/C36H52N2O6S/c1-31(2)15-17-36(29(41)43-8)18-16-34(6)21(22(36)20-31)9-10-25-33(5)13-12-26(32(3,4)24(33)11-14-35(25,34)7)38-44-27(39)19-23-28(40)37-30(42)45-23/h9,22-25H,10-20H2,1-8H3,(H,37,40,42)/b38-26-/t22-,23+,24-,25-,33+,34-,35-,36+/m1/s1. The van der Waals surface area contributed by atoms with Gasteiger partial charge in [-0.05, 0) is 104 Å². The van der Waals surface area contributed by atoms with Crippen molar-refractivity contribution in [2.75, 3.05) is 7.11 Å². The van der Waals surface area contributed by atoms with Crippen molar-refractivity contribution in [3.05, 3.63) is 11.6 Å². The Balaban J connectivity index is 1.26. The summed E-state index contributed by atoms with van der Waals surface area (Å²) in [7, 11) is 1.56. The van der Waals surface area contributed by atoms with Gasteiger partial charge in [-0.15, -0.1) is 0 Å². The average molecular weight is 641 g/mol. The molecule has 9 heteroatoms. The van der Waals surface area contributed by atoms with Crippen LogP contribution < -0.4 is 5.32 Å². The van der Waals surface area contributed by atoms with Crippen LogP contribution in [0.15, 0.2) is 16.8 Å². The van der Waals surface area contributed by atoms with Crippen LogP contribution in [0.4, 0.5) is 4.79 Å². The van der Waals surface area contributed by atoms with Crippen LogP contribution in [0, 0.1) is 50.2 Å². The zero-order chi connectivity index (χ0) is 32.8. The van der Waals surface area contributed by atoms with E-state index >= 15 is 0 Å². The number of ether oxygens (including phenoxy) is 1. The lowest BCUT2D eigenvalue weighted by Gasteiger charge is -2.70. The molecule has 0 unspecified atom stereocenters. The van der Waals surface area contributed by atoms with Gasteiger partial charge in [-0.25, -0.2) is 4.79 Å². The number of oxime groups is 1. The first kappa shape index (κ1) is 32.8. The minimum atomic E-state index is -0.758.